The van der Waals surface area contributed by atoms with Crippen molar-refractivity contribution in [2.24, 2.45) is 5.41 Å². The van der Waals surface area contributed by atoms with E-state index >= 15 is 0 Å². The van der Waals surface area contributed by atoms with Crippen LogP contribution >= 0.6 is 0 Å². The van der Waals surface area contributed by atoms with Crippen LogP contribution < -0.4 is 5.32 Å². The van der Waals surface area contributed by atoms with Crippen LogP contribution in [0.5, 0.6) is 0 Å². The molecule has 1 aromatic carbocycles. The Bertz CT molecular complexity index is 784. The zero-order chi connectivity index (χ0) is 17.5. The number of rotatable bonds is 4. The van der Waals surface area contributed by atoms with Crippen LogP contribution in [0.3, 0.4) is 0 Å². The van der Waals surface area contributed by atoms with Crippen LogP contribution in [-0.4, -0.2) is 49.7 Å². The average Bonchev–Trinajstić information content (AvgIpc) is 3.27. The maximum absolute atomic E-state index is 12.8. The Kier molecular flexibility index (Phi) is 4.15. The summed E-state index contributed by atoms with van der Waals surface area (Å²) in [5, 5.41) is 2.85. The number of amides is 2. The van der Waals surface area contributed by atoms with Crippen LogP contribution in [0.4, 0.5) is 5.69 Å². The average molecular weight is 350 g/mol. The second kappa shape index (κ2) is 5.88. The van der Waals surface area contributed by atoms with Crippen LogP contribution in [0, 0.1) is 12.3 Å². The number of benzene rings is 1. The monoisotopic (exact) mass is 350 g/mol. The molecule has 1 aromatic rings. The number of anilines is 1. The van der Waals surface area contributed by atoms with Crippen molar-refractivity contribution in [1.82, 2.24) is 4.90 Å². The first-order valence-electron chi connectivity index (χ1n) is 8.10. The van der Waals surface area contributed by atoms with E-state index in [0.29, 0.717) is 24.9 Å². The Morgan fingerprint density at radius 2 is 1.92 bits per heavy atom. The second-order valence-corrected chi connectivity index (χ2v) is 9.05. The fourth-order valence-corrected chi connectivity index (χ4v) is 4.98. The number of carbonyl (C=O) groups is 2. The van der Waals surface area contributed by atoms with Crippen molar-refractivity contribution >= 4 is 27.3 Å². The van der Waals surface area contributed by atoms with Crippen LogP contribution in [0.15, 0.2) is 24.3 Å². The van der Waals surface area contributed by atoms with Crippen LogP contribution in [0.2, 0.25) is 0 Å². The summed E-state index contributed by atoms with van der Waals surface area (Å²) >= 11 is 0. The normalized spacial score (nSPS) is 23.5. The molecule has 2 aliphatic rings. The number of hydrogen-bond acceptors (Lipinski definition) is 4. The van der Waals surface area contributed by atoms with E-state index < -0.39 is 15.3 Å². The molecule has 1 aliphatic carbocycles. The first kappa shape index (κ1) is 17.0. The number of aryl methyl sites for hydroxylation is 1. The van der Waals surface area contributed by atoms with E-state index in [0.717, 1.165) is 5.56 Å². The topological polar surface area (TPSA) is 83.6 Å². The highest BCUT2D eigenvalue weighted by Crippen LogP contribution is 2.48. The summed E-state index contributed by atoms with van der Waals surface area (Å²) < 4.78 is 23.3. The molecule has 130 valence electrons. The molecule has 7 heteroatoms. The van der Waals surface area contributed by atoms with Crippen molar-refractivity contribution in [2.45, 2.75) is 32.2 Å². The fraction of sp³-hybridized carbons (Fsp3) is 0.529. The molecular formula is C17H22N2O4S. The first-order chi connectivity index (χ1) is 11.3. The Hall–Kier alpha value is -1.89. The summed E-state index contributed by atoms with van der Waals surface area (Å²) in [5.41, 5.74) is 0.598. The molecule has 1 atom stereocenters. The molecule has 3 rings (SSSR count). The summed E-state index contributed by atoms with van der Waals surface area (Å²) in [7, 11) is -1.46. The highest BCUT2D eigenvalue weighted by molar-refractivity contribution is 7.91. The number of nitrogens with zero attached hydrogens (tertiary/aromatic N) is 1. The third kappa shape index (κ3) is 3.05. The van der Waals surface area contributed by atoms with E-state index in [4.69, 9.17) is 0 Å². The highest BCUT2D eigenvalue weighted by atomic mass is 32.2. The van der Waals surface area contributed by atoms with Crippen LogP contribution in [0.1, 0.15) is 24.8 Å². The molecule has 2 fully saturated rings. The van der Waals surface area contributed by atoms with Crippen molar-refractivity contribution in [1.29, 1.82) is 0 Å². The Morgan fingerprint density at radius 3 is 2.46 bits per heavy atom. The molecule has 2 amide bonds. The summed E-state index contributed by atoms with van der Waals surface area (Å²) in [6.07, 6.45) is 1.46. The lowest BCUT2D eigenvalue weighted by molar-refractivity contribution is -0.142. The summed E-state index contributed by atoms with van der Waals surface area (Å²) in [5.74, 6) is -0.465. The number of para-hydroxylation sites is 1. The number of nitrogens with one attached hydrogen (secondary N) is 1. The predicted molar refractivity (Wildman–Crippen MR) is 91.3 cm³/mol. The van der Waals surface area contributed by atoms with E-state index in [1.807, 2.05) is 25.1 Å². The minimum Gasteiger partial charge on any atom is -0.341 e. The van der Waals surface area contributed by atoms with Crippen molar-refractivity contribution < 1.29 is 18.0 Å². The smallest absolute Gasteiger partial charge is 0.240 e. The van der Waals surface area contributed by atoms with Gasteiger partial charge in [-0.25, -0.2) is 8.42 Å². The number of carbonyl (C=O) groups excluding carboxylic acids is 2. The van der Waals surface area contributed by atoms with Crippen molar-refractivity contribution in [3.05, 3.63) is 29.8 Å². The first-order valence-corrected chi connectivity index (χ1v) is 9.92. The quantitative estimate of drug-likeness (QED) is 0.831. The van der Waals surface area contributed by atoms with Gasteiger partial charge < -0.3 is 10.2 Å². The molecule has 24 heavy (non-hydrogen) atoms. The maximum atomic E-state index is 12.8. The lowest BCUT2D eigenvalue weighted by Gasteiger charge is -2.27. The Balaban J connectivity index is 1.72. The zero-order valence-corrected chi connectivity index (χ0v) is 14.7. The van der Waals surface area contributed by atoms with E-state index in [2.05, 4.69) is 5.32 Å². The standard InChI is InChI=1S/C17H22N2O4S/c1-12-5-3-4-6-14(12)18-15(20)17(8-9-17)16(21)19(2)13-7-10-24(22,23)11-13/h3-6,13H,7-11H2,1-2H3,(H,18,20). The fourth-order valence-electron chi connectivity index (χ4n) is 3.20. The number of hydrogen-bond donors (Lipinski definition) is 1. The van der Waals surface area contributed by atoms with Gasteiger partial charge >= 0.3 is 0 Å². The van der Waals surface area contributed by atoms with Gasteiger partial charge in [0.1, 0.15) is 5.41 Å². The van der Waals surface area contributed by atoms with Crippen molar-refractivity contribution in [3.8, 4) is 0 Å². The molecule has 0 aromatic heterocycles. The van der Waals surface area contributed by atoms with E-state index in [1.54, 1.807) is 13.1 Å². The SMILES string of the molecule is Cc1ccccc1NC(=O)C1(C(=O)N(C)C2CCS(=O)(=O)C2)CC1. The van der Waals surface area contributed by atoms with Gasteiger partial charge in [0.15, 0.2) is 9.84 Å². The van der Waals surface area contributed by atoms with Gasteiger partial charge in [-0.05, 0) is 37.8 Å². The van der Waals surface area contributed by atoms with Gasteiger partial charge in [0, 0.05) is 18.8 Å². The van der Waals surface area contributed by atoms with Gasteiger partial charge in [-0.1, -0.05) is 18.2 Å². The van der Waals surface area contributed by atoms with E-state index in [9.17, 15) is 18.0 Å². The van der Waals surface area contributed by atoms with Gasteiger partial charge in [-0.3, -0.25) is 9.59 Å². The minimum absolute atomic E-state index is 0.00919. The zero-order valence-electron chi connectivity index (χ0n) is 13.9. The summed E-state index contributed by atoms with van der Waals surface area (Å²) in [6.45, 7) is 1.90. The second-order valence-electron chi connectivity index (χ2n) is 6.82. The molecule has 1 heterocycles. The molecule has 0 spiro atoms. The van der Waals surface area contributed by atoms with Gasteiger partial charge in [-0.15, -0.1) is 0 Å². The van der Waals surface area contributed by atoms with E-state index in [1.165, 1.54) is 4.90 Å². The van der Waals surface area contributed by atoms with Crippen LogP contribution in [0.25, 0.3) is 0 Å². The molecule has 1 N–H and O–H groups in total. The molecule has 1 unspecified atom stereocenters. The number of sulfone groups is 1. The molecule has 1 saturated carbocycles. The molecule has 1 aliphatic heterocycles. The Labute approximate surface area is 142 Å². The van der Waals surface area contributed by atoms with Gasteiger partial charge in [0.2, 0.25) is 11.8 Å². The molecule has 0 bridgehead atoms. The predicted octanol–water partition coefficient (Wildman–Crippen LogP) is 1.36. The lowest BCUT2D eigenvalue weighted by atomic mass is 10.0. The highest BCUT2D eigenvalue weighted by Gasteiger charge is 2.58. The molecule has 0 radical (unpaired) electrons. The molecule has 1 saturated heterocycles. The molecule has 6 nitrogen and oxygen atoms in total. The summed E-state index contributed by atoms with van der Waals surface area (Å²) in [6, 6.07) is 7.09. The minimum atomic E-state index is -3.07. The lowest BCUT2D eigenvalue weighted by Crippen LogP contribution is -2.46. The Morgan fingerprint density at radius 1 is 1.25 bits per heavy atom. The largest absolute Gasteiger partial charge is 0.341 e. The summed E-state index contributed by atoms with van der Waals surface area (Å²) in [4.78, 5) is 26.9. The van der Waals surface area contributed by atoms with Crippen LogP contribution in [-0.2, 0) is 19.4 Å². The van der Waals surface area contributed by atoms with Gasteiger partial charge in [0.25, 0.3) is 0 Å². The van der Waals surface area contributed by atoms with Gasteiger partial charge in [-0.2, -0.15) is 0 Å². The maximum Gasteiger partial charge on any atom is 0.240 e. The van der Waals surface area contributed by atoms with Crippen molar-refractivity contribution in [2.75, 3.05) is 23.9 Å². The van der Waals surface area contributed by atoms with E-state index in [-0.39, 0.29) is 29.4 Å². The molecular weight excluding hydrogens is 328 g/mol. The third-order valence-corrected chi connectivity index (χ3v) is 6.81. The third-order valence-electron chi connectivity index (χ3n) is 5.06. The van der Waals surface area contributed by atoms with Crippen molar-refractivity contribution in [3.63, 3.8) is 0 Å². The van der Waals surface area contributed by atoms with Gasteiger partial charge in [0.05, 0.1) is 11.5 Å².